The third-order valence-electron chi connectivity index (χ3n) is 2.80. The summed E-state index contributed by atoms with van der Waals surface area (Å²) in [4.78, 5) is 0. The van der Waals surface area contributed by atoms with Crippen molar-refractivity contribution in [3.8, 4) is 5.75 Å². The van der Waals surface area contributed by atoms with Crippen LogP contribution in [0, 0.1) is 5.82 Å². The smallest absolute Gasteiger partial charge is 0.135 e. The lowest BCUT2D eigenvalue weighted by atomic mass is 9.87. The van der Waals surface area contributed by atoms with Gasteiger partial charge in [-0.2, -0.15) is 0 Å². The zero-order valence-electron chi connectivity index (χ0n) is 9.83. The van der Waals surface area contributed by atoms with Crippen LogP contribution in [0.2, 0.25) is 0 Å². The molecular weight excluding hydrogens is 207 g/mol. The van der Waals surface area contributed by atoms with Crippen molar-refractivity contribution in [2.75, 3.05) is 0 Å². The van der Waals surface area contributed by atoms with Crippen molar-refractivity contribution in [2.24, 2.45) is 0 Å². The molecule has 0 aromatic heterocycles. The van der Waals surface area contributed by atoms with Crippen LogP contribution in [-0.4, -0.2) is 16.3 Å². The minimum atomic E-state index is -1.17. The van der Waals surface area contributed by atoms with Crippen molar-refractivity contribution >= 4 is 0 Å². The standard InChI is InChI=1S/C13H17FO2/c1-5-13(4,15)12(2,3)16-11-8-6-10(14)7-9-11/h5-9,15H,1H2,2-4H3. The molecule has 0 saturated carbocycles. The molecule has 0 aliphatic rings. The molecule has 3 heteroatoms. The second-order valence-electron chi connectivity index (χ2n) is 4.42. The Kier molecular flexibility index (Phi) is 3.38. The topological polar surface area (TPSA) is 29.5 Å². The van der Waals surface area contributed by atoms with E-state index in [4.69, 9.17) is 4.74 Å². The summed E-state index contributed by atoms with van der Waals surface area (Å²) < 4.78 is 18.3. The summed E-state index contributed by atoms with van der Waals surface area (Å²) in [6, 6.07) is 5.68. The van der Waals surface area contributed by atoms with Crippen molar-refractivity contribution in [1.82, 2.24) is 0 Å². The number of halogens is 1. The molecule has 1 aromatic carbocycles. The van der Waals surface area contributed by atoms with Crippen LogP contribution in [0.1, 0.15) is 20.8 Å². The molecule has 1 aromatic rings. The van der Waals surface area contributed by atoms with Gasteiger partial charge in [0.1, 0.15) is 22.8 Å². The zero-order chi connectivity index (χ0) is 12.4. The summed E-state index contributed by atoms with van der Waals surface area (Å²) >= 11 is 0. The van der Waals surface area contributed by atoms with Gasteiger partial charge in [0.25, 0.3) is 0 Å². The van der Waals surface area contributed by atoms with E-state index < -0.39 is 11.2 Å². The molecule has 0 aliphatic heterocycles. The number of ether oxygens (including phenoxy) is 1. The molecule has 0 spiro atoms. The Morgan fingerprint density at radius 3 is 2.19 bits per heavy atom. The van der Waals surface area contributed by atoms with Gasteiger partial charge in [-0.15, -0.1) is 6.58 Å². The lowest BCUT2D eigenvalue weighted by Crippen LogP contribution is -2.50. The Morgan fingerprint density at radius 2 is 1.75 bits per heavy atom. The van der Waals surface area contributed by atoms with Crippen LogP contribution in [0.15, 0.2) is 36.9 Å². The summed E-state index contributed by atoms with van der Waals surface area (Å²) in [5.41, 5.74) is -2.01. The molecule has 1 N–H and O–H groups in total. The van der Waals surface area contributed by atoms with Gasteiger partial charge >= 0.3 is 0 Å². The zero-order valence-corrected chi connectivity index (χ0v) is 9.83. The maximum Gasteiger partial charge on any atom is 0.135 e. The van der Waals surface area contributed by atoms with Crippen molar-refractivity contribution in [3.63, 3.8) is 0 Å². The Labute approximate surface area is 95.4 Å². The summed E-state index contributed by atoms with van der Waals surface area (Å²) in [6.45, 7) is 8.68. The van der Waals surface area contributed by atoms with Gasteiger partial charge in [-0.25, -0.2) is 4.39 Å². The number of aliphatic hydroxyl groups is 1. The Balaban J connectivity index is 2.88. The normalized spacial score (nSPS) is 15.3. The van der Waals surface area contributed by atoms with Crippen LogP contribution in [0.3, 0.4) is 0 Å². The molecule has 16 heavy (non-hydrogen) atoms. The molecule has 0 amide bonds. The molecule has 0 bridgehead atoms. The molecule has 0 saturated heterocycles. The fourth-order valence-corrected chi connectivity index (χ4v) is 1.15. The molecule has 1 unspecified atom stereocenters. The van der Waals surface area contributed by atoms with Gasteiger partial charge in [0.05, 0.1) is 0 Å². The van der Waals surface area contributed by atoms with Gasteiger partial charge in [-0.1, -0.05) is 6.08 Å². The van der Waals surface area contributed by atoms with Crippen molar-refractivity contribution in [2.45, 2.75) is 32.0 Å². The fraction of sp³-hybridized carbons (Fsp3) is 0.385. The third-order valence-corrected chi connectivity index (χ3v) is 2.80. The lowest BCUT2D eigenvalue weighted by molar-refractivity contribution is -0.0705. The molecule has 1 rings (SSSR count). The van der Waals surface area contributed by atoms with E-state index in [0.717, 1.165) is 0 Å². The fourth-order valence-electron chi connectivity index (χ4n) is 1.15. The van der Waals surface area contributed by atoms with Gasteiger partial charge in [0.15, 0.2) is 0 Å². The predicted octanol–water partition coefficient (Wildman–Crippen LogP) is 2.92. The van der Waals surface area contributed by atoms with Gasteiger partial charge in [-0.05, 0) is 45.0 Å². The highest BCUT2D eigenvalue weighted by atomic mass is 19.1. The number of rotatable bonds is 4. The SMILES string of the molecule is C=CC(C)(O)C(C)(C)Oc1ccc(F)cc1. The second-order valence-corrected chi connectivity index (χ2v) is 4.42. The number of hydrogen-bond donors (Lipinski definition) is 1. The van der Waals surface area contributed by atoms with E-state index >= 15 is 0 Å². The Bertz CT molecular complexity index is 366. The third kappa shape index (κ3) is 2.61. The van der Waals surface area contributed by atoms with Gasteiger partial charge in [-0.3, -0.25) is 0 Å². The van der Waals surface area contributed by atoms with Gasteiger partial charge < -0.3 is 9.84 Å². The maximum absolute atomic E-state index is 12.7. The predicted molar refractivity (Wildman–Crippen MR) is 61.9 cm³/mol. The first-order chi connectivity index (χ1) is 7.28. The average molecular weight is 224 g/mol. The van der Waals surface area contributed by atoms with Gasteiger partial charge in [0, 0.05) is 0 Å². The Morgan fingerprint density at radius 1 is 1.25 bits per heavy atom. The van der Waals surface area contributed by atoms with Crippen LogP contribution < -0.4 is 4.74 Å². The Hall–Kier alpha value is -1.35. The molecule has 2 nitrogen and oxygen atoms in total. The van der Waals surface area contributed by atoms with Crippen LogP contribution in [0.25, 0.3) is 0 Å². The summed E-state index contributed by atoms with van der Waals surface area (Å²) in [5, 5.41) is 10.0. The molecular formula is C13H17FO2. The molecule has 1 atom stereocenters. The second kappa shape index (κ2) is 4.26. The minimum Gasteiger partial charge on any atom is -0.485 e. The molecule has 0 heterocycles. The van der Waals surface area contributed by atoms with E-state index in [0.29, 0.717) is 5.75 Å². The first-order valence-electron chi connectivity index (χ1n) is 5.09. The average Bonchev–Trinajstić information content (AvgIpc) is 2.21. The van der Waals surface area contributed by atoms with E-state index in [-0.39, 0.29) is 5.82 Å². The van der Waals surface area contributed by atoms with Crippen LogP contribution in [-0.2, 0) is 0 Å². The monoisotopic (exact) mass is 224 g/mol. The van der Waals surface area contributed by atoms with E-state index in [1.165, 1.54) is 30.3 Å². The van der Waals surface area contributed by atoms with Crippen LogP contribution >= 0.6 is 0 Å². The minimum absolute atomic E-state index is 0.319. The van der Waals surface area contributed by atoms with Crippen LogP contribution in [0.5, 0.6) is 5.75 Å². The summed E-state index contributed by atoms with van der Waals surface area (Å²) in [6.07, 6.45) is 1.43. The lowest BCUT2D eigenvalue weighted by Gasteiger charge is -2.37. The number of hydrogen-bond acceptors (Lipinski definition) is 2. The maximum atomic E-state index is 12.7. The van der Waals surface area contributed by atoms with Gasteiger partial charge in [0.2, 0.25) is 0 Å². The molecule has 0 fully saturated rings. The van der Waals surface area contributed by atoms with E-state index in [1.807, 2.05) is 0 Å². The molecule has 0 aliphatic carbocycles. The largest absolute Gasteiger partial charge is 0.485 e. The quantitative estimate of drug-likeness (QED) is 0.797. The molecule has 0 radical (unpaired) electrons. The first-order valence-corrected chi connectivity index (χ1v) is 5.09. The van der Waals surface area contributed by atoms with Crippen molar-refractivity contribution < 1.29 is 14.2 Å². The van der Waals surface area contributed by atoms with Crippen molar-refractivity contribution in [1.29, 1.82) is 0 Å². The van der Waals surface area contributed by atoms with E-state index in [1.54, 1.807) is 20.8 Å². The summed E-state index contributed by atoms with van der Waals surface area (Å²) in [7, 11) is 0. The highest BCUT2D eigenvalue weighted by Crippen LogP contribution is 2.28. The highest BCUT2D eigenvalue weighted by Gasteiger charge is 2.39. The summed E-state index contributed by atoms with van der Waals surface area (Å²) in [5.74, 6) is 0.189. The molecule has 88 valence electrons. The van der Waals surface area contributed by atoms with Crippen molar-refractivity contribution in [3.05, 3.63) is 42.7 Å². The first kappa shape index (κ1) is 12.7. The van der Waals surface area contributed by atoms with E-state index in [2.05, 4.69) is 6.58 Å². The number of benzene rings is 1. The van der Waals surface area contributed by atoms with E-state index in [9.17, 15) is 9.50 Å². The van der Waals surface area contributed by atoms with Crippen LogP contribution in [0.4, 0.5) is 4.39 Å². The highest BCUT2D eigenvalue weighted by molar-refractivity contribution is 5.24.